The molecule has 0 spiro atoms. The lowest BCUT2D eigenvalue weighted by molar-refractivity contribution is -0.172. The highest BCUT2D eigenvalue weighted by atomic mass is 35.5. The summed E-state index contributed by atoms with van der Waals surface area (Å²) in [4.78, 5) is 31.1. The summed E-state index contributed by atoms with van der Waals surface area (Å²) in [6.45, 7) is 4.57. The first-order chi connectivity index (χ1) is 24.2. The Hall–Kier alpha value is -3.93. The number of hydrogen-bond acceptors (Lipinski definition) is 8. The fraction of sp³-hybridized carbons (Fsp3) is 0.436. The van der Waals surface area contributed by atoms with Gasteiger partial charge in [-0.1, -0.05) is 48.5 Å². The van der Waals surface area contributed by atoms with Crippen LogP contribution in [0.1, 0.15) is 56.6 Å². The lowest BCUT2D eigenvalue weighted by atomic mass is 9.95. The Kier molecular flexibility index (Phi) is 9.91. The Balaban J connectivity index is 1.07. The number of benzene rings is 4. The van der Waals surface area contributed by atoms with Gasteiger partial charge in [0, 0.05) is 72.4 Å². The maximum absolute atomic E-state index is 13.8. The predicted molar refractivity (Wildman–Crippen MR) is 195 cm³/mol. The summed E-state index contributed by atoms with van der Waals surface area (Å²) in [6.07, 6.45) is -2.14. The number of fused-ring (bicyclic) bond motifs is 6. The number of aliphatic hydroxyl groups excluding tert-OH is 3. The van der Waals surface area contributed by atoms with Crippen LogP contribution in [-0.2, 0) is 20.7 Å². The van der Waals surface area contributed by atoms with Crippen molar-refractivity contribution in [1.82, 2.24) is 0 Å². The van der Waals surface area contributed by atoms with E-state index >= 15 is 0 Å². The predicted octanol–water partition coefficient (Wildman–Crippen LogP) is 5.45. The maximum Gasteiger partial charge on any atom is 0.227 e. The third-order valence-corrected chi connectivity index (χ3v) is 10.5. The molecule has 264 valence electrons. The smallest absolute Gasteiger partial charge is 0.227 e. The van der Waals surface area contributed by atoms with Gasteiger partial charge in [0.05, 0.1) is 24.5 Å². The van der Waals surface area contributed by atoms with Crippen molar-refractivity contribution >= 4 is 62.0 Å². The molecule has 7 rings (SSSR count). The highest BCUT2D eigenvalue weighted by molar-refractivity contribution is 6.19. The first kappa shape index (κ1) is 34.5. The number of nitrogens with one attached hydrogen (secondary N) is 1. The highest BCUT2D eigenvalue weighted by Crippen LogP contribution is 2.46. The molecule has 50 heavy (non-hydrogen) atoms. The van der Waals surface area contributed by atoms with Crippen molar-refractivity contribution in [2.45, 2.75) is 82.5 Å². The van der Waals surface area contributed by atoms with Gasteiger partial charge in [-0.25, -0.2) is 0 Å². The third kappa shape index (κ3) is 6.39. The number of anilines is 3. The molecule has 3 heterocycles. The third-order valence-electron chi connectivity index (χ3n) is 10.1. The van der Waals surface area contributed by atoms with Gasteiger partial charge in [-0.05, 0) is 54.7 Å². The average Bonchev–Trinajstić information content (AvgIpc) is 3.71. The minimum atomic E-state index is -1.17. The molecule has 4 aromatic rings. The minimum Gasteiger partial charge on any atom is -0.490 e. The van der Waals surface area contributed by atoms with Crippen LogP contribution in [0.4, 0.5) is 17.1 Å². The molecule has 0 saturated carbocycles. The number of ether oxygens (including phenoxy) is 2. The van der Waals surface area contributed by atoms with E-state index in [4.69, 9.17) is 21.1 Å². The lowest BCUT2D eigenvalue weighted by Crippen LogP contribution is -2.51. The maximum atomic E-state index is 13.8. The van der Waals surface area contributed by atoms with Gasteiger partial charge in [-0.15, -0.1) is 11.6 Å². The van der Waals surface area contributed by atoms with Crippen LogP contribution in [-0.4, -0.2) is 83.4 Å². The standard InChI is InChI=1S/C39H44ClN3O7/c1-22(2)49-33-17-31-38(28-11-6-5-10-27(28)33)23(19-40)20-43(31)37(47)13-7-12-36(46)42-15-14-26-24-8-3-4-9-25(24)29(16-30(26)42)41-35-18-32(45)39(48)34(21-44)50-35/h3-6,8-11,16-17,22-23,32,34-35,39,41,44-45,48H,7,12-15,18-21H2,1-2H3. The molecule has 1 fully saturated rings. The van der Waals surface area contributed by atoms with Gasteiger partial charge in [-0.3, -0.25) is 9.59 Å². The van der Waals surface area contributed by atoms with Crippen molar-refractivity contribution in [3.8, 4) is 5.75 Å². The van der Waals surface area contributed by atoms with Gasteiger partial charge >= 0.3 is 0 Å². The van der Waals surface area contributed by atoms with E-state index in [1.54, 1.807) is 4.90 Å². The molecule has 5 atom stereocenters. The molecule has 0 aliphatic carbocycles. The molecule has 4 N–H and O–H groups in total. The fourth-order valence-corrected chi connectivity index (χ4v) is 8.06. The van der Waals surface area contributed by atoms with Gasteiger partial charge < -0.3 is 39.9 Å². The number of aliphatic hydroxyl groups is 3. The van der Waals surface area contributed by atoms with E-state index in [1.807, 2.05) is 73.3 Å². The Morgan fingerprint density at radius 1 is 0.960 bits per heavy atom. The monoisotopic (exact) mass is 701 g/mol. The molecule has 3 aliphatic heterocycles. The zero-order valence-corrected chi connectivity index (χ0v) is 29.1. The van der Waals surface area contributed by atoms with Crippen molar-refractivity contribution in [2.75, 3.05) is 40.7 Å². The van der Waals surface area contributed by atoms with Crippen LogP contribution in [0.3, 0.4) is 0 Å². The zero-order valence-electron chi connectivity index (χ0n) is 28.3. The molecule has 2 amide bonds. The topological polar surface area (TPSA) is 132 Å². The Labute approximate surface area is 296 Å². The molecule has 1 saturated heterocycles. The van der Waals surface area contributed by atoms with Gasteiger partial charge in [0.15, 0.2) is 0 Å². The summed E-state index contributed by atoms with van der Waals surface area (Å²) < 4.78 is 12.0. The minimum absolute atomic E-state index is 0.00385. The lowest BCUT2D eigenvalue weighted by Gasteiger charge is -2.37. The van der Waals surface area contributed by atoms with Crippen LogP contribution in [0.25, 0.3) is 21.5 Å². The second-order valence-corrected chi connectivity index (χ2v) is 14.1. The van der Waals surface area contributed by atoms with Crippen LogP contribution in [0.15, 0.2) is 60.7 Å². The molecular formula is C39H44ClN3O7. The zero-order chi connectivity index (χ0) is 35.1. The number of halogens is 1. The van der Waals surface area contributed by atoms with E-state index in [2.05, 4.69) is 11.4 Å². The van der Waals surface area contributed by atoms with Gasteiger partial charge in [0.2, 0.25) is 11.8 Å². The SMILES string of the molecule is CC(C)Oc1cc2c(c3ccccc13)C(CCl)CN2C(=O)CCCC(=O)N1CCc2c1cc(NC1CC(O)C(O)C(CO)O1)c1ccccc21. The second kappa shape index (κ2) is 14.4. The van der Waals surface area contributed by atoms with Crippen molar-refractivity contribution < 1.29 is 34.4 Å². The number of hydrogen-bond donors (Lipinski definition) is 4. The van der Waals surface area contributed by atoms with Crippen LogP contribution in [0.2, 0.25) is 0 Å². The van der Waals surface area contributed by atoms with E-state index in [9.17, 15) is 24.9 Å². The first-order valence-electron chi connectivity index (χ1n) is 17.5. The van der Waals surface area contributed by atoms with Crippen LogP contribution >= 0.6 is 11.6 Å². The Bertz CT molecular complexity index is 1920. The quantitative estimate of drug-likeness (QED) is 0.161. The summed E-state index contributed by atoms with van der Waals surface area (Å²) >= 11 is 6.46. The molecular weight excluding hydrogens is 658 g/mol. The number of alkyl halides is 1. The van der Waals surface area contributed by atoms with Crippen LogP contribution in [0, 0.1) is 0 Å². The Morgan fingerprint density at radius 2 is 1.64 bits per heavy atom. The van der Waals surface area contributed by atoms with Crippen molar-refractivity contribution in [1.29, 1.82) is 0 Å². The van der Waals surface area contributed by atoms with E-state index in [-0.39, 0.29) is 43.1 Å². The largest absolute Gasteiger partial charge is 0.490 e. The van der Waals surface area contributed by atoms with E-state index in [0.717, 1.165) is 55.5 Å². The molecule has 4 aromatic carbocycles. The van der Waals surface area contributed by atoms with E-state index < -0.39 is 31.1 Å². The molecule has 5 unspecified atom stereocenters. The number of amides is 2. The molecule has 10 nitrogen and oxygen atoms in total. The van der Waals surface area contributed by atoms with Crippen molar-refractivity contribution in [2.24, 2.45) is 0 Å². The summed E-state index contributed by atoms with van der Waals surface area (Å²) in [5.74, 6) is 1.03. The normalized spacial score (nSPS) is 23.1. The summed E-state index contributed by atoms with van der Waals surface area (Å²) in [7, 11) is 0. The van der Waals surface area contributed by atoms with Gasteiger partial charge in [0.1, 0.15) is 24.2 Å². The Morgan fingerprint density at radius 3 is 2.34 bits per heavy atom. The summed E-state index contributed by atoms with van der Waals surface area (Å²) in [5, 5.41) is 37.6. The van der Waals surface area contributed by atoms with Gasteiger partial charge in [0.25, 0.3) is 0 Å². The summed E-state index contributed by atoms with van der Waals surface area (Å²) in [6, 6.07) is 19.9. The van der Waals surface area contributed by atoms with Crippen LogP contribution < -0.4 is 19.9 Å². The van der Waals surface area contributed by atoms with Crippen LogP contribution in [0.5, 0.6) is 5.75 Å². The number of carbonyl (C=O) groups excluding carboxylic acids is 2. The average molecular weight is 702 g/mol. The second-order valence-electron chi connectivity index (χ2n) is 13.8. The summed E-state index contributed by atoms with van der Waals surface area (Å²) in [5.41, 5.74) is 4.51. The molecule has 0 bridgehead atoms. The highest BCUT2D eigenvalue weighted by Gasteiger charge is 2.38. The van der Waals surface area contributed by atoms with Gasteiger partial charge in [-0.2, -0.15) is 0 Å². The number of carbonyl (C=O) groups is 2. The van der Waals surface area contributed by atoms with Crippen molar-refractivity contribution in [3.05, 3.63) is 71.8 Å². The molecule has 3 aliphatic rings. The molecule has 0 aromatic heterocycles. The van der Waals surface area contributed by atoms with E-state index in [0.29, 0.717) is 31.8 Å². The first-order valence-corrected chi connectivity index (χ1v) is 18.0. The fourth-order valence-electron chi connectivity index (χ4n) is 7.80. The number of nitrogens with zero attached hydrogens (tertiary/aromatic N) is 2. The number of rotatable bonds is 10. The van der Waals surface area contributed by atoms with Crippen molar-refractivity contribution in [3.63, 3.8) is 0 Å². The molecule has 0 radical (unpaired) electrons. The van der Waals surface area contributed by atoms with E-state index in [1.165, 1.54) is 0 Å². The molecule has 11 heteroatoms.